The number of allylic oxidation sites excluding steroid dienone is 9. The van der Waals surface area contributed by atoms with Gasteiger partial charge in [-0.3, -0.25) is 18.9 Å². The molecule has 0 amide bonds. The van der Waals surface area contributed by atoms with Crippen LogP contribution in [0.4, 0.5) is 0 Å². The molecule has 0 fully saturated rings. The molecular weight excluding hydrogens is 999 g/mol. The smallest absolute Gasteiger partial charge is 0.337 e. The van der Waals surface area contributed by atoms with E-state index in [2.05, 4.69) is 104 Å². The van der Waals surface area contributed by atoms with Gasteiger partial charge in [-0.05, 0) is 157 Å². The maximum Gasteiger partial charge on any atom is 0.337 e. The fourth-order valence-corrected chi connectivity index (χ4v) is 10.9. The lowest BCUT2D eigenvalue weighted by atomic mass is 9.72. The number of benzene rings is 1. The van der Waals surface area contributed by atoms with Gasteiger partial charge in [0.1, 0.15) is 17.1 Å². The SMILES string of the molecule is CC1=C(/C=C/C(C)=C/C=C/C(C)=C/CO)C(C)(C)CCC1.CCCCCCn1c(=O)c2c(ncn2C)n(C)c1=O.Cc1c(C)c2c(c(C)c1O)CC[C@@](C)(CCC[C@H](C)CCC[C@H](C)CCCC(C)C)O2.O=C(O)c1cccnc1. The summed E-state index contributed by atoms with van der Waals surface area (Å²) in [5, 5.41) is 27.5. The number of aliphatic hydroxyl groups is 1. The minimum atomic E-state index is -0.942. The average molecular weight is 1100 g/mol. The normalized spacial score (nSPS) is 17.1. The number of nitrogens with zero attached hydrogens (tertiary/aromatic N) is 5. The van der Waals surface area contributed by atoms with E-state index in [4.69, 9.17) is 14.9 Å². The number of aromatic hydroxyl groups is 1. The quantitative estimate of drug-likeness (QED) is 0.0485. The number of phenolic OH excluding ortho intramolecular Hbond substituents is 1. The van der Waals surface area contributed by atoms with Crippen molar-refractivity contribution in [3.05, 3.63) is 138 Å². The van der Waals surface area contributed by atoms with E-state index in [0.717, 1.165) is 90.7 Å². The first-order chi connectivity index (χ1) is 37.8. The molecule has 0 bridgehead atoms. The molecule has 0 unspecified atom stereocenters. The minimum absolute atomic E-state index is 0.0712. The lowest BCUT2D eigenvalue weighted by Crippen LogP contribution is -2.39. The Morgan fingerprint density at radius 2 is 1.50 bits per heavy atom. The number of aryl methyl sites for hydroxylation is 2. The maximum atomic E-state index is 12.3. The van der Waals surface area contributed by atoms with Gasteiger partial charge in [-0.2, -0.15) is 0 Å². The number of carboxylic acid groups (broad SMARTS) is 1. The molecule has 0 radical (unpaired) electrons. The molecule has 12 heteroatoms. The molecule has 1 aliphatic heterocycles. The van der Waals surface area contributed by atoms with E-state index in [1.165, 1.54) is 121 Å². The van der Waals surface area contributed by atoms with Gasteiger partial charge in [-0.25, -0.2) is 14.6 Å². The first-order valence-electron chi connectivity index (χ1n) is 30.0. The van der Waals surface area contributed by atoms with Gasteiger partial charge in [0.05, 0.1) is 18.5 Å². The highest BCUT2D eigenvalue weighted by Crippen LogP contribution is 2.45. The van der Waals surface area contributed by atoms with Crippen LogP contribution < -0.4 is 16.0 Å². The van der Waals surface area contributed by atoms with Gasteiger partial charge < -0.3 is 24.6 Å². The topological polar surface area (TPSA) is 162 Å². The largest absolute Gasteiger partial charge is 0.507 e. The molecule has 1 aliphatic carbocycles. The Hall–Kier alpha value is -5.75. The number of pyridine rings is 1. The number of fused-ring (bicyclic) bond motifs is 2. The molecule has 4 heterocycles. The standard InChI is InChI=1S/C29H50O2.C20H30O.C13H20N4O2.C6H5NO2/c1-20(2)12-9-13-21(3)14-10-15-22(4)16-11-18-29(8)19-17-26-25(7)27(30)23(5)24(6)28(26)31-29;1-16(8-6-9-17(2)13-15-21)11-12-19-18(3)10-7-14-20(19,4)5;1-4-5-6-7-8-17-12(18)10-11(14-9-15(10)2)16(3)13(17)19;8-6(9)5-2-1-3-7-4-5/h20-22,30H,9-19H2,1-8H3;6,8-9,11-13,21H,7,10,14-15H2,1-5H3;9H,4-8H2,1-3H3;1-4H,(H,8,9)/b;9-6+,12-11+,16-8+,17-13+;;/t21-,22-,29-;;;/m1.../s1. The van der Waals surface area contributed by atoms with Gasteiger partial charge in [-0.15, -0.1) is 0 Å². The zero-order valence-corrected chi connectivity index (χ0v) is 52.4. The van der Waals surface area contributed by atoms with Gasteiger partial charge in [-0.1, -0.05) is 166 Å². The fourth-order valence-electron chi connectivity index (χ4n) is 10.9. The van der Waals surface area contributed by atoms with Crippen molar-refractivity contribution >= 4 is 17.1 Å². The van der Waals surface area contributed by atoms with Gasteiger partial charge >= 0.3 is 11.7 Å². The second-order valence-electron chi connectivity index (χ2n) is 24.5. The molecule has 3 atom stereocenters. The third-order valence-corrected chi connectivity index (χ3v) is 16.4. The number of aromatic carboxylic acids is 1. The van der Waals surface area contributed by atoms with Crippen LogP contribution in [0, 0.1) is 43.9 Å². The Balaban J connectivity index is 0.000000300. The number of unbranched alkanes of at least 4 members (excludes halogenated alkanes) is 3. The molecule has 3 N–H and O–H groups in total. The summed E-state index contributed by atoms with van der Waals surface area (Å²) in [7, 11) is 3.42. The molecular formula is C68H105N5O7. The number of ether oxygens (including phenoxy) is 1. The Labute approximate surface area is 481 Å². The molecule has 0 spiro atoms. The van der Waals surface area contributed by atoms with Crippen LogP contribution in [0.1, 0.15) is 218 Å². The molecule has 444 valence electrons. The number of aliphatic hydroxyl groups excluding tert-OH is 1. The zero-order valence-electron chi connectivity index (χ0n) is 52.4. The van der Waals surface area contributed by atoms with Crippen LogP contribution in [0.2, 0.25) is 0 Å². The summed E-state index contributed by atoms with van der Waals surface area (Å²) in [6.45, 7) is 31.7. The van der Waals surface area contributed by atoms with Crippen molar-refractivity contribution in [3.63, 3.8) is 0 Å². The summed E-state index contributed by atoms with van der Waals surface area (Å²) in [4.78, 5) is 42.4. The summed E-state index contributed by atoms with van der Waals surface area (Å²) >= 11 is 0. The van der Waals surface area contributed by atoms with Crippen molar-refractivity contribution in [2.75, 3.05) is 6.61 Å². The predicted molar refractivity (Wildman–Crippen MR) is 333 cm³/mol. The summed E-state index contributed by atoms with van der Waals surface area (Å²) in [5.74, 6) is 3.09. The zero-order chi connectivity index (χ0) is 59.7. The highest BCUT2D eigenvalue weighted by Gasteiger charge is 2.34. The number of hydrogen-bond donors (Lipinski definition) is 3. The molecule has 80 heavy (non-hydrogen) atoms. The predicted octanol–water partition coefficient (Wildman–Crippen LogP) is 16.1. The molecule has 1 aromatic carbocycles. The van der Waals surface area contributed by atoms with Crippen LogP contribution in [0.15, 0.2) is 99.2 Å². The van der Waals surface area contributed by atoms with Crippen molar-refractivity contribution < 1.29 is 24.9 Å². The van der Waals surface area contributed by atoms with E-state index < -0.39 is 5.97 Å². The third-order valence-electron chi connectivity index (χ3n) is 16.4. The highest BCUT2D eigenvalue weighted by molar-refractivity contribution is 5.87. The fraction of sp³-hybridized carbons (Fsp3) is 0.603. The van der Waals surface area contributed by atoms with Crippen molar-refractivity contribution in [1.29, 1.82) is 0 Å². The van der Waals surface area contributed by atoms with E-state index in [0.29, 0.717) is 28.9 Å². The lowest BCUT2D eigenvalue weighted by molar-refractivity contribution is 0.0511. The molecule has 3 aromatic heterocycles. The lowest BCUT2D eigenvalue weighted by Gasteiger charge is -2.38. The first kappa shape index (κ1) is 68.5. The molecule has 0 saturated heterocycles. The monoisotopic (exact) mass is 1100 g/mol. The van der Waals surface area contributed by atoms with Crippen LogP contribution in [0.3, 0.4) is 0 Å². The van der Waals surface area contributed by atoms with Crippen LogP contribution in [-0.2, 0) is 27.1 Å². The number of aromatic nitrogens is 5. The first-order valence-corrected chi connectivity index (χ1v) is 30.0. The van der Waals surface area contributed by atoms with Crippen LogP contribution in [0.25, 0.3) is 11.2 Å². The number of carbonyl (C=O) groups is 1. The van der Waals surface area contributed by atoms with Gasteiger partial charge in [0.15, 0.2) is 11.2 Å². The van der Waals surface area contributed by atoms with Gasteiger partial charge in [0, 0.05) is 38.6 Å². The van der Waals surface area contributed by atoms with E-state index in [1.807, 2.05) is 32.9 Å². The number of carboxylic acids is 1. The van der Waals surface area contributed by atoms with Crippen LogP contribution >= 0.6 is 0 Å². The number of rotatable bonds is 23. The van der Waals surface area contributed by atoms with Crippen molar-refractivity contribution in [1.82, 2.24) is 23.7 Å². The molecule has 12 nitrogen and oxygen atoms in total. The number of imidazole rings is 1. The van der Waals surface area contributed by atoms with Crippen LogP contribution in [-0.4, -0.2) is 57.2 Å². The van der Waals surface area contributed by atoms with Crippen molar-refractivity contribution in [2.45, 2.75) is 225 Å². The summed E-state index contributed by atoms with van der Waals surface area (Å²) in [6.07, 6.45) is 38.9. The Morgan fingerprint density at radius 3 is 2.09 bits per heavy atom. The molecule has 0 saturated carbocycles. The molecule has 2 aliphatic rings. The van der Waals surface area contributed by atoms with Crippen molar-refractivity contribution in [2.24, 2.45) is 37.3 Å². The average Bonchev–Trinajstić information content (AvgIpc) is 4.00. The summed E-state index contributed by atoms with van der Waals surface area (Å²) in [6, 6.07) is 3.08. The molecule has 4 aromatic rings. The second-order valence-corrected chi connectivity index (χ2v) is 24.5. The van der Waals surface area contributed by atoms with Crippen molar-refractivity contribution in [3.8, 4) is 11.5 Å². The third kappa shape index (κ3) is 21.6. The van der Waals surface area contributed by atoms with Gasteiger partial charge in [0.2, 0.25) is 0 Å². The van der Waals surface area contributed by atoms with E-state index in [1.54, 1.807) is 37.1 Å². The summed E-state index contributed by atoms with van der Waals surface area (Å²) < 4.78 is 11.0. The number of phenols is 1. The summed E-state index contributed by atoms with van der Waals surface area (Å²) in [5.41, 5.74) is 10.5. The van der Waals surface area contributed by atoms with E-state index in [-0.39, 0.29) is 29.0 Å². The Morgan fingerprint density at radius 1 is 0.838 bits per heavy atom. The maximum absolute atomic E-state index is 12.3. The molecule has 6 rings (SSSR count). The van der Waals surface area contributed by atoms with E-state index in [9.17, 15) is 19.5 Å². The number of hydrogen-bond acceptors (Lipinski definition) is 8. The minimum Gasteiger partial charge on any atom is -0.507 e. The Kier molecular flexibility index (Phi) is 29.0. The highest BCUT2D eigenvalue weighted by atomic mass is 16.5. The van der Waals surface area contributed by atoms with Gasteiger partial charge in [0.25, 0.3) is 5.56 Å². The Bertz CT molecular complexity index is 2860. The second kappa shape index (κ2) is 33.9. The van der Waals surface area contributed by atoms with E-state index >= 15 is 0 Å². The van der Waals surface area contributed by atoms with Crippen LogP contribution in [0.5, 0.6) is 11.5 Å².